The summed E-state index contributed by atoms with van der Waals surface area (Å²) in [6.45, 7) is 2.60. The Morgan fingerprint density at radius 1 is 1.57 bits per heavy atom. The lowest BCUT2D eigenvalue weighted by Gasteiger charge is -2.32. The number of carboxylic acid groups (broad SMARTS) is 1. The number of piperazine rings is 1. The molecule has 8 heteroatoms. The van der Waals surface area contributed by atoms with Gasteiger partial charge >= 0.3 is 12.0 Å². The molecule has 2 rings (SSSR count). The highest BCUT2D eigenvalue weighted by Crippen LogP contribution is 2.05. The number of carboxylic acids is 1. The van der Waals surface area contributed by atoms with Gasteiger partial charge < -0.3 is 20.6 Å². The molecule has 21 heavy (non-hydrogen) atoms. The Morgan fingerprint density at radius 3 is 3.05 bits per heavy atom. The lowest BCUT2D eigenvalue weighted by Crippen LogP contribution is -2.58. The summed E-state index contributed by atoms with van der Waals surface area (Å²) >= 11 is 0. The second-order valence-electron chi connectivity index (χ2n) is 4.66. The number of aromatic nitrogens is 1. The van der Waals surface area contributed by atoms with E-state index in [-0.39, 0.29) is 24.0 Å². The lowest BCUT2D eigenvalue weighted by molar-refractivity contribution is -0.126. The van der Waals surface area contributed by atoms with Gasteiger partial charge in [0.2, 0.25) is 5.91 Å². The summed E-state index contributed by atoms with van der Waals surface area (Å²) in [4.78, 5) is 39.8. The van der Waals surface area contributed by atoms with Crippen LogP contribution in [0.1, 0.15) is 23.0 Å². The Balaban J connectivity index is 1.96. The second kappa shape index (κ2) is 6.21. The SMILES string of the molecule is CC1C(=O)NCCN1C(=O)NCc1cc(C(=O)O)ccn1. The summed E-state index contributed by atoms with van der Waals surface area (Å²) in [5.74, 6) is -1.24. The molecule has 3 N–H and O–H groups in total. The van der Waals surface area contributed by atoms with Gasteiger partial charge in [0, 0.05) is 19.3 Å². The summed E-state index contributed by atoms with van der Waals surface area (Å²) in [5.41, 5.74) is 0.553. The molecule has 1 fully saturated rings. The Morgan fingerprint density at radius 2 is 2.33 bits per heavy atom. The molecule has 0 bridgehead atoms. The summed E-state index contributed by atoms with van der Waals surface area (Å²) in [7, 11) is 0. The zero-order valence-corrected chi connectivity index (χ0v) is 11.5. The van der Waals surface area contributed by atoms with E-state index in [0.717, 1.165) is 0 Å². The van der Waals surface area contributed by atoms with Crippen LogP contribution in [-0.2, 0) is 11.3 Å². The van der Waals surface area contributed by atoms with Crippen molar-refractivity contribution in [3.63, 3.8) is 0 Å². The van der Waals surface area contributed by atoms with Crippen LogP contribution in [0.25, 0.3) is 0 Å². The third-order valence-electron chi connectivity index (χ3n) is 3.24. The molecular formula is C13H16N4O4. The summed E-state index contributed by atoms with van der Waals surface area (Å²) in [6, 6.07) is 1.87. The van der Waals surface area contributed by atoms with Crippen molar-refractivity contribution in [3.8, 4) is 0 Å². The number of nitrogens with one attached hydrogen (secondary N) is 2. The molecule has 1 unspecified atom stereocenters. The maximum Gasteiger partial charge on any atom is 0.335 e. The maximum atomic E-state index is 12.0. The molecule has 1 aliphatic heterocycles. The van der Waals surface area contributed by atoms with E-state index in [0.29, 0.717) is 18.8 Å². The van der Waals surface area contributed by atoms with E-state index in [2.05, 4.69) is 15.6 Å². The van der Waals surface area contributed by atoms with Gasteiger partial charge in [0.15, 0.2) is 0 Å². The molecule has 0 radical (unpaired) electrons. The summed E-state index contributed by atoms with van der Waals surface area (Å²) in [6.07, 6.45) is 1.38. The van der Waals surface area contributed by atoms with Gasteiger partial charge in [-0.3, -0.25) is 9.78 Å². The zero-order valence-electron chi connectivity index (χ0n) is 11.5. The predicted octanol–water partition coefficient (Wildman–Crippen LogP) is -0.190. The number of amides is 3. The highest BCUT2D eigenvalue weighted by molar-refractivity contribution is 5.88. The topological polar surface area (TPSA) is 112 Å². The number of aromatic carboxylic acids is 1. The first kappa shape index (κ1) is 14.8. The lowest BCUT2D eigenvalue weighted by atomic mass is 10.2. The zero-order chi connectivity index (χ0) is 15.4. The minimum Gasteiger partial charge on any atom is -0.478 e. The van der Waals surface area contributed by atoms with E-state index in [4.69, 9.17) is 5.11 Å². The van der Waals surface area contributed by atoms with Crippen molar-refractivity contribution < 1.29 is 19.5 Å². The van der Waals surface area contributed by atoms with Crippen LogP contribution >= 0.6 is 0 Å². The van der Waals surface area contributed by atoms with Gasteiger partial charge in [-0.2, -0.15) is 0 Å². The van der Waals surface area contributed by atoms with E-state index in [1.54, 1.807) is 6.92 Å². The minimum absolute atomic E-state index is 0.102. The van der Waals surface area contributed by atoms with Crippen LogP contribution in [0.5, 0.6) is 0 Å². The van der Waals surface area contributed by atoms with Crippen molar-refractivity contribution in [1.82, 2.24) is 20.5 Å². The fourth-order valence-corrected chi connectivity index (χ4v) is 2.04. The first-order valence-electron chi connectivity index (χ1n) is 6.49. The Labute approximate surface area is 121 Å². The fourth-order valence-electron chi connectivity index (χ4n) is 2.04. The fraction of sp³-hybridized carbons (Fsp3) is 0.385. The van der Waals surface area contributed by atoms with Crippen LogP contribution in [0, 0.1) is 0 Å². The molecule has 3 amide bonds. The highest BCUT2D eigenvalue weighted by Gasteiger charge is 2.28. The normalized spacial score (nSPS) is 18.0. The summed E-state index contributed by atoms with van der Waals surface area (Å²) in [5, 5.41) is 14.2. The smallest absolute Gasteiger partial charge is 0.335 e. The van der Waals surface area contributed by atoms with Gasteiger partial charge in [0.05, 0.1) is 17.8 Å². The van der Waals surface area contributed by atoms with E-state index in [9.17, 15) is 14.4 Å². The number of pyridine rings is 1. The van der Waals surface area contributed by atoms with Crippen molar-refractivity contribution in [2.75, 3.05) is 13.1 Å². The van der Waals surface area contributed by atoms with Crippen molar-refractivity contribution >= 4 is 17.9 Å². The molecule has 0 aromatic carbocycles. The van der Waals surface area contributed by atoms with Crippen LogP contribution in [0.15, 0.2) is 18.3 Å². The van der Waals surface area contributed by atoms with Gasteiger partial charge in [-0.15, -0.1) is 0 Å². The monoisotopic (exact) mass is 292 g/mol. The highest BCUT2D eigenvalue weighted by atomic mass is 16.4. The number of urea groups is 1. The second-order valence-corrected chi connectivity index (χ2v) is 4.66. The first-order chi connectivity index (χ1) is 9.99. The van der Waals surface area contributed by atoms with Gasteiger partial charge in [0.25, 0.3) is 0 Å². The number of carbonyl (C=O) groups excluding carboxylic acids is 2. The molecule has 2 heterocycles. The maximum absolute atomic E-state index is 12.0. The first-order valence-corrected chi connectivity index (χ1v) is 6.49. The number of hydrogen-bond donors (Lipinski definition) is 3. The molecule has 1 aliphatic rings. The van der Waals surface area contributed by atoms with Crippen LogP contribution in [0.3, 0.4) is 0 Å². The third kappa shape index (κ3) is 3.47. The molecule has 1 aromatic rings. The molecule has 112 valence electrons. The predicted molar refractivity (Wildman–Crippen MR) is 72.6 cm³/mol. The molecule has 0 aliphatic carbocycles. The van der Waals surface area contributed by atoms with Crippen molar-refractivity contribution in [2.45, 2.75) is 19.5 Å². The Hall–Kier alpha value is -2.64. The average Bonchev–Trinajstić information content (AvgIpc) is 2.48. The van der Waals surface area contributed by atoms with Crippen molar-refractivity contribution in [1.29, 1.82) is 0 Å². The largest absolute Gasteiger partial charge is 0.478 e. The van der Waals surface area contributed by atoms with Crippen LogP contribution in [0.4, 0.5) is 4.79 Å². The van der Waals surface area contributed by atoms with E-state index >= 15 is 0 Å². The third-order valence-corrected chi connectivity index (χ3v) is 3.24. The molecule has 0 saturated carbocycles. The quantitative estimate of drug-likeness (QED) is 0.715. The van der Waals surface area contributed by atoms with E-state index < -0.39 is 12.0 Å². The number of hydrogen-bond acceptors (Lipinski definition) is 4. The number of nitrogens with zero attached hydrogens (tertiary/aromatic N) is 2. The Bertz CT molecular complexity index is 575. The van der Waals surface area contributed by atoms with E-state index in [1.165, 1.54) is 23.2 Å². The molecule has 8 nitrogen and oxygen atoms in total. The van der Waals surface area contributed by atoms with Gasteiger partial charge in [-0.25, -0.2) is 9.59 Å². The average molecular weight is 292 g/mol. The van der Waals surface area contributed by atoms with Gasteiger partial charge in [-0.1, -0.05) is 0 Å². The van der Waals surface area contributed by atoms with Crippen LogP contribution in [0.2, 0.25) is 0 Å². The number of rotatable bonds is 3. The minimum atomic E-state index is -1.05. The molecule has 1 saturated heterocycles. The van der Waals surface area contributed by atoms with Crippen LogP contribution < -0.4 is 10.6 Å². The molecule has 0 spiro atoms. The standard InChI is InChI=1S/C13H16N4O4/c1-8-11(18)15-4-5-17(8)13(21)16-7-10-6-9(12(19)20)2-3-14-10/h2-3,6,8H,4-5,7H2,1H3,(H,15,18)(H,16,21)(H,19,20). The molecule has 1 atom stereocenters. The van der Waals surface area contributed by atoms with E-state index in [1.807, 2.05) is 0 Å². The van der Waals surface area contributed by atoms with Gasteiger partial charge in [-0.05, 0) is 19.1 Å². The summed E-state index contributed by atoms with van der Waals surface area (Å²) < 4.78 is 0. The van der Waals surface area contributed by atoms with Crippen molar-refractivity contribution in [3.05, 3.63) is 29.6 Å². The van der Waals surface area contributed by atoms with Crippen molar-refractivity contribution in [2.24, 2.45) is 0 Å². The van der Waals surface area contributed by atoms with Crippen LogP contribution in [-0.4, -0.2) is 52.0 Å². The van der Waals surface area contributed by atoms with Gasteiger partial charge in [0.1, 0.15) is 6.04 Å². The Kier molecular flexibility index (Phi) is 4.36. The number of carbonyl (C=O) groups is 3. The molecular weight excluding hydrogens is 276 g/mol. The molecule has 1 aromatic heterocycles.